The molecule has 0 saturated carbocycles. The number of carbonyl (C=O) groups is 1. The molecule has 0 radical (unpaired) electrons. The summed E-state index contributed by atoms with van der Waals surface area (Å²) in [4.78, 5) is 30.4. The molecule has 7 nitrogen and oxygen atoms in total. The van der Waals surface area contributed by atoms with E-state index in [1.807, 2.05) is 26.0 Å². The van der Waals surface area contributed by atoms with Crippen LogP contribution >= 0.6 is 23.1 Å². The van der Waals surface area contributed by atoms with Crippen molar-refractivity contribution >= 4 is 50.4 Å². The molecular formula is C26H23ClN4O3S. The third-order valence-electron chi connectivity index (χ3n) is 6.18. The number of rotatable bonds is 6. The first-order chi connectivity index (χ1) is 16.7. The lowest BCUT2D eigenvalue weighted by Crippen LogP contribution is -2.30. The van der Waals surface area contributed by atoms with Gasteiger partial charge in [0.25, 0.3) is 0 Å². The molecule has 5 rings (SSSR count). The number of carboxylic acids is 1. The molecule has 9 heteroatoms. The SMILES string of the molecule is Cc1cc(C)c2c(Cn3c(=O)n(C(CC(=O)O)c4ccc(Cl)cc4)c4nc(C)ccc43)nsc2c1. The first-order valence-corrected chi connectivity index (χ1v) is 12.3. The maximum Gasteiger partial charge on any atom is 0.331 e. The zero-order chi connectivity index (χ0) is 24.9. The van der Waals surface area contributed by atoms with E-state index in [0.29, 0.717) is 21.7 Å². The molecule has 2 aromatic carbocycles. The summed E-state index contributed by atoms with van der Waals surface area (Å²) in [7, 11) is 0. The van der Waals surface area contributed by atoms with Gasteiger partial charge < -0.3 is 5.11 Å². The van der Waals surface area contributed by atoms with Crippen LogP contribution in [-0.2, 0) is 11.3 Å². The van der Waals surface area contributed by atoms with E-state index in [0.717, 1.165) is 32.6 Å². The Kier molecular flexibility index (Phi) is 5.94. The Hall–Kier alpha value is -3.49. The fraction of sp³-hybridized carbons (Fsp3) is 0.231. The van der Waals surface area contributed by atoms with E-state index in [2.05, 4.69) is 28.4 Å². The van der Waals surface area contributed by atoms with Crippen molar-refractivity contribution in [3.8, 4) is 0 Å². The van der Waals surface area contributed by atoms with Gasteiger partial charge in [-0.3, -0.25) is 13.9 Å². The molecule has 178 valence electrons. The van der Waals surface area contributed by atoms with Crippen LogP contribution in [0.5, 0.6) is 0 Å². The highest BCUT2D eigenvalue weighted by Crippen LogP contribution is 2.30. The number of carboxylic acid groups (broad SMARTS) is 1. The quantitative estimate of drug-likeness (QED) is 0.328. The number of pyridine rings is 1. The minimum atomic E-state index is -1.01. The molecule has 0 aliphatic heterocycles. The van der Waals surface area contributed by atoms with Gasteiger partial charge in [0.1, 0.15) is 0 Å². The lowest BCUT2D eigenvalue weighted by Gasteiger charge is -2.17. The van der Waals surface area contributed by atoms with E-state index in [1.165, 1.54) is 16.1 Å². The van der Waals surface area contributed by atoms with E-state index >= 15 is 0 Å². The van der Waals surface area contributed by atoms with Gasteiger partial charge in [-0.15, -0.1) is 0 Å². The summed E-state index contributed by atoms with van der Waals surface area (Å²) < 4.78 is 8.88. The second-order valence-corrected chi connectivity index (χ2v) is 10.0. The molecule has 3 aromatic heterocycles. The van der Waals surface area contributed by atoms with Crippen LogP contribution in [0.25, 0.3) is 21.3 Å². The molecule has 3 heterocycles. The Bertz CT molecular complexity index is 1650. The predicted octanol–water partition coefficient (Wildman–Crippen LogP) is 5.50. The number of benzene rings is 2. The molecule has 0 fully saturated rings. The van der Waals surface area contributed by atoms with E-state index in [9.17, 15) is 14.7 Å². The van der Waals surface area contributed by atoms with Gasteiger partial charge in [-0.05, 0) is 79.3 Å². The first kappa shape index (κ1) is 23.3. The molecule has 0 amide bonds. The summed E-state index contributed by atoms with van der Waals surface area (Å²) >= 11 is 7.48. The van der Waals surface area contributed by atoms with Crippen molar-refractivity contribution in [3.63, 3.8) is 0 Å². The van der Waals surface area contributed by atoms with Gasteiger partial charge in [-0.25, -0.2) is 9.78 Å². The topological polar surface area (TPSA) is 90.0 Å². The minimum absolute atomic E-state index is 0.261. The van der Waals surface area contributed by atoms with Crippen LogP contribution in [0.2, 0.25) is 5.02 Å². The van der Waals surface area contributed by atoms with Gasteiger partial charge in [-0.2, -0.15) is 4.37 Å². The van der Waals surface area contributed by atoms with Crippen molar-refractivity contribution in [2.75, 3.05) is 0 Å². The predicted molar refractivity (Wildman–Crippen MR) is 139 cm³/mol. The van der Waals surface area contributed by atoms with Crippen molar-refractivity contribution < 1.29 is 9.90 Å². The maximum atomic E-state index is 13.9. The van der Waals surface area contributed by atoms with Gasteiger partial charge >= 0.3 is 11.7 Å². The Labute approximate surface area is 210 Å². The molecule has 0 bridgehead atoms. The van der Waals surface area contributed by atoms with Gasteiger partial charge in [0, 0.05) is 16.1 Å². The number of aryl methyl sites for hydroxylation is 3. The fourth-order valence-corrected chi connectivity index (χ4v) is 5.76. The average Bonchev–Trinajstić information content (AvgIpc) is 3.31. The van der Waals surface area contributed by atoms with Gasteiger partial charge in [-0.1, -0.05) is 29.8 Å². The van der Waals surface area contributed by atoms with Gasteiger partial charge in [0.05, 0.1) is 34.9 Å². The number of hydrogen-bond donors (Lipinski definition) is 1. The second-order valence-electron chi connectivity index (χ2n) is 8.78. The van der Waals surface area contributed by atoms with E-state index < -0.39 is 12.0 Å². The standard InChI is InChI=1S/C26H23ClN4O3S/c1-14-10-15(2)24-19(29-35-22(24)11-14)13-30-20-9-4-16(3)28-25(20)31(26(30)34)21(12-23(32)33)17-5-7-18(27)8-6-17/h4-11,21H,12-13H2,1-3H3,(H,32,33). The van der Waals surface area contributed by atoms with Crippen molar-refractivity contribution in [2.45, 2.75) is 39.8 Å². The molecule has 0 aliphatic rings. The van der Waals surface area contributed by atoms with Crippen LogP contribution in [-0.4, -0.2) is 29.6 Å². The number of nitrogens with zero attached hydrogens (tertiary/aromatic N) is 4. The average molecular weight is 507 g/mol. The summed E-state index contributed by atoms with van der Waals surface area (Å²) in [5.41, 5.74) is 5.25. The number of aromatic nitrogens is 4. The summed E-state index contributed by atoms with van der Waals surface area (Å²) in [5.74, 6) is -1.01. The molecule has 1 N–H and O–H groups in total. The third kappa shape index (κ3) is 4.24. The van der Waals surface area contributed by atoms with Crippen LogP contribution in [0.1, 0.15) is 40.5 Å². The van der Waals surface area contributed by atoms with Crippen molar-refractivity contribution in [1.82, 2.24) is 18.5 Å². The summed E-state index contributed by atoms with van der Waals surface area (Å²) in [6.07, 6.45) is -0.270. The smallest absolute Gasteiger partial charge is 0.331 e. The molecule has 35 heavy (non-hydrogen) atoms. The molecule has 1 atom stereocenters. The van der Waals surface area contributed by atoms with E-state index in [1.54, 1.807) is 28.8 Å². The highest BCUT2D eigenvalue weighted by Gasteiger charge is 2.26. The zero-order valence-corrected chi connectivity index (χ0v) is 21.0. The number of imidazole rings is 1. The lowest BCUT2D eigenvalue weighted by molar-refractivity contribution is -0.137. The fourth-order valence-electron chi connectivity index (χ4n) is 4.67. The van der Waals surface area contributed by atoms with Crippen molar-refractivity contribution in [2.24, 2.45) is 0 Å². The minimum Gasteiger partial charge on any atom is -0.481 e. The van der Waals surface area contributed by atoms with E-state index in [4.69, 9.17) is 11.6 Å². The Morgan fingerprint density at radius 3 is 2.57 bits per heavy atom. The zero-order valence-electron chi connectivity index (χ0n) is 19.4. The largest absolute Gasteiger partial charge is 0.481 e. The molecule has 0 saturated heterocycles. The van der Waals surface area contributed by atoms with Gasteiger partial charge in [0.2, 0.25) is 0 Å². The Morgan fingerprint density at radius 2 is 1.86 bits per heavy atom. The molecular weight excluding hydrogens is 484 g/mol. The molecule has 0 spiro atoms. The Morgan fingerprint density at radius 1 is 1.11 bits per heavy atom. The summed E-state index contributed by atoms with van der Waals surface area (Å²) in [6, 6.07) is 14.1. The van der Waals surface area contributed by atoms with Crippen molar-refractivity contribution in [3.05, 3.63) is 92.1 Å². The monoisotopic (exact) mass is 506 g/mol. The summed E-state index contributed by atoms with van der Waals surface area (Å²) in [5, 5.41) is 11.3. The van der Waals surface area contributed by atoms with Crippen LogP contribution in [0.15, 0.2) is 53.3 Å². The molecule has 1 unspecified atom stereocenters. The number of aliphatic carboxylic acids is 1. The van der Waals surface area contributed by atoms with Gasteiger partial charge in [0.15, 0.2) is 5.65 Å². The highest BCUT2D eigenvalue weighted by atomic mass is 35.5. The van der Waals surface area contributed by atoms with Crippen LogP contribution in [0, 0.1) is 20.8 Å². The van der Waals surface area contributed by atoms with E-state index in [-0.39, 0.29) is 18.7 Å². The molecule has 5 aromatic rings. The summed E-state index contributed by atoms with van der Waals surface area (Å²) in [6.45, 7) is 6.21. The third-order valence-corrected chi connectivity index (χ3v) is 7.26. The normalized spacial score (nSPS) is 12.5. The van der Waals surface area contributed by atoms with Crippen LogP contribution in [0.3, 0.4) is 0 Å². The lowest BCUT2D eigenvalue weighted by atomic mass is 10.0. The Balaban J connectivity index is 1.73. The van der Waals surface area contributed by atoms with Crippen LogP contribution in [0.4, 0.5) is 0 Å². The number of hydrogen-bond acceptors (Lipinski definition) is 5. The first-order valence-electron chi connectivity index (χ1n) is 11.1. The highest BCUT2D eigenvalue weighted by molar-refractivity contribution is 7.13. The number of halogens is 1. The molecule has 0 aliphatic carbocycles. The van der Waals surface area contributed by atoms with Crippen LogP contribution < -0.4 is 5.69 Å². The second kappa shape index (κ2) is 8.94. The maximum absolute atomic E-state index is 13.9. The van der Waals surface area contributed by atoms with Crippen molar-refractivity contribution in [1.29, 1.82) is 0 Å². The number of fused-ring (bicyclic) bond motifs is 2.